The molecule has 1 aromatic heterocycles. The standard InChI is InChI=1S/C18H18BrN5/c1-11-7-8-12(2)15(9-11)24-18-16(20)17(21-10-22-18)23-14-6-4-3-5-13(14)19/h3-10H,20H2,1-2H3,(H2,21,22,23,24). The van der Waals surface area contributed by atoms with Crippen molar-refractivity contribution >= 4 is 44.6 Å². The van der Waals surface area contributed by atoms with Crippen molar-refractivity contribution in [3.05, 3.63) is 64.4 Å². The summed E-state index contributed by atoms with van der Waals surface area (Å²) in [7, 11) is 0. The second-order valence-corrected chi connectivity index (χ2v) is 6.39. The predicted molar refractivity (Wildman–Crippen MR) is 103 cm³/mol. The van der Waals surface area contributed by atoms with Gasteiger partial charge < -0.3 is 16.4 Å². The summed E-state index contributed by atoms with van der Waals surface area (Å²) in [6.07, 6.45) is 1.49. The summed E-state index contributed by atoms with van der Waals surface area (Å²) in [5.41, 5.74) is 10.9. The third-order valence-electron chi connectivity index (χ3n) is 3.66. The fraction of sp³-hybridized carbons (Fsp3) is 0.111. The van der Waals surface area contributed by atoms with Crippen molar-refractivity contribution in [2.24, 2.45) is 0 Å². The lowest BCUT2D eigenvalue weighted by atomic mass is 10.1. The summed E-state index contributed by atoms with van der Waals surface area (Å²) < 4.78 is 0.937. The third-order valence-corrected chi connectivity index (χ3v) is 4.35. The van der Waals surface area contributed by atoms with Gasteiger partial charge in [0.1, 0.15) is 12.0 Å². The number of aromatic nitrogens is 2. The molecule has 3 rings (SSSR count). The number of halogens is 1. The zero-order chi connectivity index (χ0) is 17.1. The van der Waals surface area contributed by atoms with Gasteiger partial charge in [-0.1, -0.05) is 24.3 Å². The number of nitrogen functional groups attached to an aromatic ring is 1. The number of rotatable bonds is 4. The molecule has 2 aromatic carbocycles. The number of para-hydroxylation sites is 1. The zero-order valence-corrected chi connectivity index (χ0v) is 15.1. The molecule has 24 heavy (non-hydrogen) atoms. The molecular weight excluding hydrogens is 366 g/mol. The Balaban J connectivity index is 1.91. The zero-order valence-electron chi connectivity index (χ0n) is 13.5. The summed E-state index contributed by atoms with van der Waals surface area (Å²) in [4.78, 5) is 8.52. The molecule has 1 heterocycles. The summed E-state index contributed by atoms with van der Waals surface area (Å²) in [6, 6.07) is 14.0. The highest BCUT2D eigenvalue weighted by molar-refractivity contribution is 9.10. The van der Waals surface area contributed by atoms with Gasteiger partial charge in [-0.2, -0.15) is 0 Å². The van der Waals surface area contributed by atoms with Gasteiger partial charge in [0.2, 0.25) is 0 Å². The molecule has 0 radical (unpaired) electrons. The summed E-state index contributed by atoms with van der Waals surface area (Å²) in [6.45, 7) is 4.09. The van der Waals surface area contributed by atoms with Crippen LogP contribution in [0.2, 0.25) is 0 Å². The topological polar surface area (TPSA) is 75.9 Å². The van der Waals surface area contributed by atoms with Crippen molar-refractivity contribution in [1.82, 2.24) is 9.97 Å². The van der Waals surface area contributed by atoms with Crippen LogP contribution in [0, 0.1) is 13.8 Å². The molecule has 0 fully saturated rings. The minimum atomic E-state index is 0.467. The lowest BCUT2D eigenvalue weighted by Gasteiger charge is -2.14. The van der Waals surface area contributed by atoms with Crippen molar-refractivity contribution in [2.45, 2.75) is 13.8 Å². The first kappa shape index (κ1) is 16.3. The van der Waals surface area contributed by atoms with E-state index in [-0.39, 0.29) is 0 Å². The van der Waals surface area contributed by atoms with Crippen molar-refractivity contribution in [3.63, 3.8) is 0 Å². The monoisotopic (exact) mass is 383 g/mol. The van der Waals surface area contributed by atoms with Crippen LogP contribution in [-0.4, -0.2) is 9.97 Å². The van der Waals surface area contributed by atoms with Gasteiger partial charge in [0.15, 0.2) is 11.6 Å². The predicted octanol–water partition coefficient (Wildman–Crippen LogP) is 4.93. The van der Waals surface area contributed by atoms with Gasteiger partial charge >= 0.3 is 0 Å². The smallest absolute Gasteiger partial charge is 0.159 e. The molecule has 4 N–H and O–H groups in total. The third kappa shape index (κ3) is 3.49. The average molecular weight is 384 g/mol. The first-order chi connectivity index (χ1) is 11.5. The van der Waals surface area contributed by atoms with Crippen LogP contribution in [0.25, 0.3) is 0 Å². The van der Waals surface area contributed by atoms with E-state index >= 15 is 0 Å². The maximum absolute atomic E-state index is 6.25. The second kappa shape index (κ2) is 6.88. The molecule has 6 heteroatoms. The molecule has 3 aromatic rings. The number of benzene rings is 2. The van der Waals surface area contributed by atoms with E-state index in [1.54, 1.807) is 0 Å². The maximum atomic E-state index is 6.25. The Bertz CT molecular complexity index is 879. The Morgan fingerprint density at radius 2 is 1.58 bits per heavy atom. The minimum absolute atomic E-state index is 0.467. The van der Waals surface area contributed by atoms with Crippen LogP contribution in [0.1, 0.15) is 11.1 Å². The number of nitrogens with zero attached hydrogens (tertiary/aromatic N) is 2. The minimum Gasteiger partial charge on any atom is -0.393 e. The van der Waals surface area contributed by atoms with Crippen molar-refractivity contribution in [2.75, 3.05) is 16.4 Å². The van der Waals surface area contributed by atoms with Gasteiger partial charge in [-0.25, -0.2) is 9.97 Å². The van der Waals surface area contributed by atoms with Crippen molar-refractivity contribution in [1.29, 1.82) is 0 Å². The second-order valence-electron chi connectivity index (χ2n) is 5.53. The van der Waals surface area contributed by atoms with Crippen molar-refractivity contribution < 1.29 is 0 Å². The molecule has 0 saturated heterocycles. The van der Waals surface area contributed by atoms with Gasteiger partial charge in [-0.3, -0.25) is 0 Å². The number of anilines is 5. The lowest BCUT2D eigenvalue weighted by Crippen LogP contribution is -2.06. The number of hydrogen-bond acceptors (Lipinski definition) is 5. The number of hydrogen-bond donors (Lipinski definition) is 3. The van der Waals surface area contributed by atoms with Gasteiger partial charge in [0.05, 0.1) is 5.69 Å². The summed E-state index contributed by atoms with van der Waals surface area (Å²) in [5, 5.41) is 6.52. The quantitative estimate of drug-likeness (QED) is 0.595. The van der Waals surface area contributed by atoms with Gasteiger partial charge in [-0.05, 0) is 59.1 Å². The molecule has 0 atom stereocenters. The first-order valence-corrected chi connectivity index (χ1v) is 8.30. The molecule has 0 saturated carbocycles. The summed E-state index contributed by atoms with van der Waals surface area (Å²) >= 11 is 3.51. The van der Waals surface area contributed by atoms with E-state index in [2.05, 4.69) is 54.7 Å². The van der Waals surface area contributed by atoms with Gasteiger partial charge in [0.25, 0.3) is 0 Å². The van der Waals surface area contributed by atoms with Crippen LogP contribution in [0.5, 0.6) is 0 Å². The molecular formula is C18H18BrN5. The Hall–Kier alpha value is -2.60. The van der Waals surface area contributed by atoms with Gasteiger partial charge in [0, 0.05) is 10.2 Å². The first-order valence-electron chi connectivity index (χ1n) is 7.51. The lowest BCUT2D eigenvalue weighted by molar-refractivity contribution is 1.17. The number of nitrogens with one attached hydrogen (secondary N) is 2. The van der Waals surface area contributed by atoms with E-state index in [0.717, 1.165) is 21.4 Å². The Morgan fingerprint density at radius 1 is 0.917 bits per heavy atom. The fourth-order valence-electron chi connectivity index (χ4n) is 2.28. The number of nitrogens with two attached hydrogens (primary N) is 1. The molecule has 0 spiro atoms. The average Bonchev–Trinajstić information content (AvgIpc) is 2.56. The van der Waals surface area contributed by atoms with Crippen LogP contribution in [-0.2, 0) is 0 Å². The highest BCUT2D eigenvalue weighted by atomic mass is 79.9. The summed E-state index contributed by atoms with van der Waals surface area (Å²) in [5.74, 6) is 1.14. The molecule has 0 amide bonds. The molecule has 122 valence electrons. The van der Waals surface area contributed by atoms with Crippen molar-refractivity contribution in [3.8, 4) is 0 Å². The Kier molecular flexibility index (Phi) is 4.66. The van der Waals surface area contributed by atoms with E-state index < -0.39 is 0 Å². The Labute approximate surface area is 149 Å². The molecule has 0 unspecified atom stereocenters. The van der Waals surface area contributed by atoms with Crippen LogP contribution in [0.3, 0.4) is 0 Å². The highest BCUT2D eigenvalue weighted by Crippen LogP contribution is 2.31. The maximum Gasteiger partial charge on any atom is 0.159 e. The number of aryl methyl sites for hydroxylation is 2. The van der Waals surface area contributed by atoms with Gasteiger partial charge in [-0.15, -0.1) is 0 Å². The largest absolute Gasteiger partial charge is 0.393 e. The Morgan fingerprint density at radius 3 is 2.29 bits per heavy atom. The van der Waals surface area contributed by atoms with E-state index in [1.165, 1.54) is 11.9 Å². The van der Waals surface area contributed by atoms with E-state index in [9.17, 15) is 0 Å². The molecule has 0 aliphatic rings. The van der Waals surface area contributed by atoms with E-state index in [4.69, 9.17) is 5.73 Å². The fourth-order valence-corrected chi connectivity index (χ4v) is 2.67. The highest BCUT2D eigenvalue weighted by Gasteiger charge is 2.11. The van der Waals surface area contributed by atoms with Crippen LogP contribution < -0.4 is 16.4 Å². The molecule has 0 bridgehead atoms. The molecule has 5 nitrogen and oxygen atoms in total. The molecule has 0 aliphatic carbocycles. The van der Waals surface area contributed by atoms with Crippen LogP contribution in [0.4, 0.5) is 28.7 Å². The SMILES string of the molecule is Cc1ccc(C)c(Nc2ncnc(Nc3ccccc3Br)c2N)c1. The van der Waals surface area contributed by atoms with Crippen LogP contribution >= 0.6 is 15.9 Å². The van der Waals surface area contributed by atoms with E-state index in [1.807, 2.05) is 38.1 Å². The van der Waals surface area contributed by atoms with Crippen LogP contribution in [0.15, 0.2) is 53.3 Å². The molecule has 0 aliphatic heterocycles. The normalized spacial score (nSPS) is 10.5. The van der Waals surface area contributed by atoms with E-state index in [0.29, 0.717) is 17.3 Å².